The number of ether oxygens (including phenoxy) is 1. The second-order valence-electron chi connectivity index (χ2n) is 11.1. The summed E-state index contributed by atoms with van der Waals surface area (Å²) >= 11 is 0. The first-order chi connectivity index (χ1) is 16.9. The number of H-pyrrole nitrogens is 1. The minimum Gasteiger partial charge on any atom is -0.453 e. The van der Waals surface area contributed by atoms with Crippen molar-refractivity contribution in [1.29, 1.82) is 0 Å². The lowest BCUT2D eigenvalue weighted by atomic mass is 9.79. The number of alkyl carbamates (subject to hydrolysis) is 1. The Morgan fingerprint density at radius 3 is 2.31 bits per heavy atom. The molecule has 2 aliphatic rings. The lowest BCUT2D eigenvalue weighted by molar-refractivity contribution is -0.135. The summed E-state index contributed by atoms with van der Waals surface area (Å²) in [6.07, 6.45) is 1.19. The molecule has 2 amide bonds. The van der Waals surface area contributed by atoms with Crippen LogP contribution in [0.2, 0.25) is 0 Å². The zero-order valence-electron chi connectivity index (χ0n) is 22.4. The first-order valence-corrected chi connectivity index (χ1v) is 12.7. The van der Waals surface area contributed by atoms with Gasteiger partial charge in [0.2, 0.25) is 5.91 Å². The second-order valence-corrected chi connectivity index (χ2v) is 11.1. The highest BCUT2D eigenvalue weighted by Crippen LogP contribution is 2.37. The highest BCUT2D eigenvalue weighted by atomic mass is 16.7. The Morgan fingerprint density at radius 2 is 1.72 bits per heavy atom. The number of carbonyl (C=O) groups is 2. The summed E-state index contributed by atoms with van der Waals surface area (Å²) in [7, 11) is 0.909. The molecule has 2 atom stereocenters. The van der Waals surface area contributed by atoms with Gasteiger partial charge >= 0.3 is 13.2 Å². The minimum absolute atomic E-state index is 0.0560. The number of methoxy groups -OCH3 is 1. The Balaban J connectivity index is 1.48. The molecule has 1 aromatic heterocycles. The van der Waals surface area contributed by atoms with Gasteiger partial charge in [-0.2, -0.15) is 0 Å². The van der Waals surface area contributed by atoms with Crippen molar-refractivity contribution in [3.63, 3.8) is 0 Å². The van der Waals surface area contributed by atoms with Gasteiger partial charge in [0.05, 0.1) is 24.4 Å². The molecule has 4 rings (SSSR count). The molecular weight excluding hydrogens is 457 g/mol. The molecule has 1 unspecified atom stereocenters. The van der Waals surface area contributed by atoms with Gasteiger partial charge in [0.15, 0.2) is 0 Å². The zero-order chi connectivity index (χ0) is 26.3. The Bertz CT molecular complexity index is 1080. The Labute approximate surface area is 214 Å². The number of nitrogens with one attached hydrogen (secondary N) is 2. The number of aromatic nitrogens is 1. The Kier molecular flexibility index (Phi) is 7.26. The van der Waals surface area contributed by atoms with Gasteiger partial charge in [0, 0.05) is 17.9 Å². The fourth-order valence-corrected chi connectivity index (χ4v) is 4.81. The van der Waals surface area contributed by atoms with E-state index in [-0.39, 0.29) is 29.1 Å². The molecule has 3 heterocycles. The lowest BCUT2D eigenvalue weighted by Crippen LogP contribution is -2.51. The molecule has 0 radical (unpaired) electrons. The van der Waals surface area contributed by atoms with E-state index in [9.17, 15) is 9.59 Å². The van der Waals surface area contributed by atoms with Crippen molar-refractivity contribution >= 4 is 24.6 Å². The molecule has 2 aromatic rings. The van der Waals surface area contributed by atoms with Crippen molar-refractivity contribution in [3.05, 3.63) is 42.1 Å². The van der Waals surface area contributed by atoms with Crippen LogP contribution in [-0.4, -0.2) is 59.9 Å². The maximum absolute atomic E-state index is 13.4. The summed E-state index contributed by atoms with van der Waals surface area (Å²) in [6.45, 7) is 12.7. The van der Waals surface area contributed by atoms with E-state index in [0.29, 0.717) is 6.54 Å². The van der Waals surface area contributed by atoms with Crippen molar-refractivity contribution in [2.45, 2.75) is 77.7 Å². The molecule has 8 nitrogen and oxygen atoms in total. The predicted octanol–water partition coefficient (Wildman–Crippen LogP) is 4.03. The molecule has 9 heteroatoms. The number of amides is 2. The zero-order valence-corrected chi connectivity index (χ0v) is 22.4. The van der Waals surface area contributed by atoms with Crippen LogP contribution in [0, 0.1) is 5.92 Å². The van der Waals surface area contributed by atoms with E-state index in [1.54, 1.807) is 0 Å². The summed E-state index contributed by atoms with van der Waals surface area (Å²) in [5.74, 6) is -0.139. The monoisotopic (exact) mass is 495 g/mol. The molecule has 0 saturated carbocycles. The summed E-state index contributed by atoms with van der Waals surface area (Å²) in [4.78, 5) is 30.6. The van der Waals surface area contributed by atoms with Gasteiger partial charge in [-0.05, 0) is 69.6 Å². The summed E-state index contributed by atoms with van der Waals surface area (Å²) in [6, 6.07) is 11.6. The van der Waals surface area contributed by atoms with Crippen LogP contribution in [0.4, 0.5) is 4.79 Å². The maximum Gasteiger partial charge on any atom is 0.494 e. The van der Waals surface area contributed by atoms with Crippen LogP contribution in [0.5, 0.6) is 0 Å². The van der Waals surface area contributed by atoms with Crippen LogP contribution in [0.25, 0.3) is 11.3 Å². The van der Waals surface area contributed by atoms with E-state index < -0.39 is 19.3 Å². The third-order valence-corrected chi connectivity index (χ3v) is 7.74. The summed E-state index contributed by atoms with van der Waals surface area (Å²) in [5, 5.41) is 2.70. The van der Waals surface area contributed by atoms with Gasteiger partial charge in [-0.3, -0.25) is 4.79 Å². The molecule has 1 aromatic carbocycles. The van der Waals surface area contributed by atoms with Gasteiger partial charge in [-0.15, -0.1) is 0 Å². The number of hydrogen-bond donors (Lipinski definition) is 2. The van der Waals surface area contributed by atoms with Crippen LogP contribution in [0.15, 0.2) is 36.4 Å². The third kappa shape index (κ3) is 5.04. The van der Waals surface area contributed by atoms with Crippen molar-refractivity contribution in [2.75, 3.05) is 13.7 Å². The van der Waals surface area contributed by atoms with Crippen molar-refractivity contribution < 1.29 is 23.6 Å². The van der Waals surface area contributed by atoms with Crippen molar-refractivity contribution in [1.82, 2.24) is 15.2 Å². The van der Waals surface area contributed by atoms with E-state index in [1.807, 2.05) is 70.7 Å². The van der Waals surface area contributed by atoms with Crippen molar-refractivity contribution in [3.8, 4) is 11.3 Å². The minimum atomic E-state index is -0.630. The van der Waals surface area contributed by atoms with Crippen LogP contribution >= 0.6 is 0 Å². The largest absolute Gasteiger partial charge is 0.494 e. The quantitative estimate of drug-likeness (QED) is 0.591. The lowest BCUT2D eigenvalue weighted by Gasteiger charge is -2.32. The highest BCUT2D eigenvalue weighted by molar-refractivity contribution is 6.62. The number of rotatable bonds is 6. The predicted molar refractivity (Wildman–Crippen MR) is 140 cm³/mol. The van der Waals surface area contributed by atoms with Gasteiger partial charge < -0.3 is 29.2 Å². The smallest absolute Gasteiger partial charge is 0.453 e. The molecule has 194 valence electrons. The van der Waals surface area contributed by atoms with Gasteiger partial charge in [0.25, 0.3) is 0 Å². The van der Waals surface area contributed by atoms with E-state index in [0.717, 1.165) is 35.3 Å². The van der Waals surface area contributed by atoms with Gasteiger partial charge in [-0.25, -0.2) is 4.79 Å². The van der Waals surface area contributed by atoms with E-state index in [2.05, 4.69) is 22.4 Å². The second kappa shape index (κ2) is 9.94. The van der Waals surface area contributed by atoms with Crippen LogP contribution in [-0.2, 0) is 18.8 Å². The van der Waals surface area contributed by atoms with Gasteiger partial charge in [0.1, 0.15) is 6.04 Å². The molecule has 0 bridgehead atoms. The number of carbonyl (C=O) groups excluding carboxylic acids is 2. The number of hydrogen-bond acceptors (Lipinski definition) is 5. The number of benzene rings is 1. The van der Waals surface area contributed by atoms with E-state index in [4.69, 9.17) is 14.0 Å². The van der Waals surface area contributed by atoms with Gasteiger partial charge in [-0.1, -0.05) is 38.1 Å². The number of aromatic amines is 1. The third-order valence-electron chi connectivity index (χ3n) is 7.74. The number of nitrogens with zero attached hydrogens (tertiary/aromatic N) is 1. The average Bonchev–Trinajstić information content (AvgIpc) is 3.54. The molecule has 2 N–H and O–H groups in total. The van der Waals surface area contributed by atoms with E-state index in [1.165, 1.54) is 7.11 Å². The molecular formula is C27H38BN3O5. The SMILES string of the molecule is COC(=O)N[C@H](C(=O)N1CCCC1c1ccc(-c2ccc(B3OC(C)(C)C(C)(C)O3)cc2)[nH]1)C(C)C. The van der Waals surface area contributed by atoms with E-state index >= 15 is 0 Å². The molecule has 2 saturated heterocycles. The standard InChI is InChI=1S/C27H38BN3O5/c1-17(2)23(30-25(33)34-7)24(32)31-16-8-9-22(31)21-15-14-20(29-21)18-10-12-19(13-11-18)28-35-26(3,4)27(5,6)36-28/h10-15,17,22-23,29H,8-9,16H2,1-7H3,(H,30,33)/t22?,23-/m0/s1. The number of likely N-dealkylation sites (tertiary alicyclic amines) is 1. The molecule has 0 spiro atoms. The maximum atomic E-state index is 13.4. The van der Waals surface area contributed by atoms with Crippen molar-refractivity contribution in [2.24, 2.45) is 5.92 Å². The molecule has 36 heavy (non-hydrogen) atoms. The molecule has 2 aliphatic heterocycles. The molecule has 2 fully saturated rings. The topological polar surface area (TPSA) is 92.9 Å². The Morgan fingerprint density at radius 1 is 1.08 bits per heavy atom. The molecule has 0 aliphatic carbocycles. The highest BCUT2D eigenvalue weighted by Gasteiger charge is 2.51. The van der Waals surface area contributed by atoms with Crippen LogP contribution in [0.1, 0.15) is 66.1 Å². The van der Waals surface area contributed by atoms with Crippen LogP contribution in [0.3, 0.4) is 0 Å². The fraction of sp³-hybridized carbons (Fsp3) is 0.556. The normalized spacial score (nSPS) is 21.6. The van der Waals surface area contributed by atoms with Crippen LogP contribution < -0.4 is 10.8 Å². The summed E-state index contributed by atoms with van der Waals surface area (Å²) < 4.78 is 17.1. The first-order valence-electron chi connectivity index (χ1n) is 12.7. The first kappa shape index (κ1) is 26.3. The Hall–Kier alpha value is -2.78. The fourth-order valence-electron chi connectivity index (χ4n) is 4.81. The summed E-state index contributed by atoms with van der Waals surface area (Å²) in [5.41, 5.74) is 3.25. The average molecular weight is 495 g/mol.